The highest BCUT2D eigenvalue weighted by atomic mass is 32.2. The van der Waals surface area contributed by atoms with E-state index in [0.717, 1.165) is 11.5 Å². The van der Waals surface area contributed by atoms with E-state index in [2.05, 4.69) is 22.8 Å². The summed E-state index contributed by atoms with van der Waals surface area (Å²) >= 11 is 1.76. The van der Waals surface area contributed by atoms with E-state index in [1.807, 2.05) is 18.2 Å². The Balaban J connectivity index is 1.38. The summed E-state index contributed by atoms with van der Waals surface area (Å²) in [5.41, 5.74) is 1.27. The van der Waals surface area contributed by atoms with Crippen LogP contribution in [0.1, 0.15) is 5.56 Å². The van der Waals surface area contributed by atoms with Crippen molar-refractivity contribution in [1.29, 1.82) is 0 Å². The van der Waals surface area contributed by atoms with E-state index < -0.39 is 6.04 Å². The van der Waals surface area contributed by atoms with E-state index in [-0.39, 0.29) is 30.9 Å². The fourth-order valence-electron chi connectivity index (χ4n) is 2.98. The summed E-state index contributed by atoms with van der Waals surface area (Å²) in [5.74, 6) is 1.47. The summed E-state index contributed by atoms with van der Waals surface area (Å²) in [5, 5.41) is 5.47. The van der Waals surface area contributed by atoms with Gasteiger partial charge in [-0.3, -0.25) is 9.59 Å². The fraction of sp³-hybridized carbons (Fsp3) is 0.471. The van der Waals surface area contributed by atoms with Gasteiger partial charge in [0.05, 0.1) is 13.1 Å². The Morgan fingerprint density at radius 1 is 1.24 bits per heavy atom. The summed E-state index contributed by atoms with van der Waals surface area (Å²) in [7, 11) is 0. The number of fused-ring (bicyclic) bond motifs is 1. The lowest BCUT2D eigenvalue weighted by atomic mass is 10.1. The highest BCUT2D eigenvalue weighted by molar-refractivity contribution is 7.98. The molecular formula is C17H22N4O3S. The van der Waals surface area contributed by atoms with Crippen LogP contribution in [-0.2, 0) is 15.3 Å². The van der Waals surface area contributed by atoms with E-state index in [9.17, 15) is 14.4 Å². The number of nitrogens with zero attached hydrogens (tertiary/aromatic N) is 2. The van der Waals surface area contributed by atoms with Gasteiger partial charge in [0, 0.05) is 31.1 Å². The molecule has 0 bridgehead atoms. The predicted molar refractivity (Wildman–Crippen MR) is 96.1 cm³/mol. The number of rotatable bonds is 5. The van der Waals surface area contributed by atoms with Gasteiger partial charge in [0.25, 0.3) is 0 Å². The first-order chi connectivity index (χ1) is 12.1. The third kappa shape index (κ3) is 4.45. The maximum Gasteiger partial charge on any atom is 0.317 e. The molecule has 2 heterocycles. The smallest absolute Gasteiger partial charge is 0.317 e. The molecule has 1 aromatic rings. The number of amides is 4. The minimum Gasteiger partial charge on any atom is -0.345 e. The fourth-order valence-corrected chi connectivity index (χ4v) is 3.80. The Morgan fingerprint density at radius 2 is 2.04 bits per heavy atom. The van der Waals surface area contributed by atoms with Gasteiger partial charge in [-0.25, -0.2) is 4.79 Å². The molecule has 25 heavy (non-hydrogen) atoms. The third-order valence-corrected chi connectivity index (χ3v) is 5.37. The van der Waals surface area contributed by atoms with Crippen molar-refractivity contribution >= 4 is 29.6 Å². The van der Waals surface area contributed by atoms with Crippen molar-refractivity contribution in [3.63, 3.8) is 0 Å². The van der Waals surface area contributed by atoms with Crippen LogP contribution in [0.2, 0.25) is 0 Å². The van der Waals surface area contributed by atoms with Gasteiger partial charge in [0.2, 0.25) is 11.8 Å². The third-order valence-electron chi connectivity index (χ3n) is 4.34. The Labute approximate surface area is 151 Å². The molecule has 0 unspecified atom stereocenters. The van der Waals surface area contributed by atoms with Crippen molar-refractivity contribution in [1.82, 2.24) is 20.4 Å². The number of piperazine rings is 2. The Hall–Kier alpha value is -2.22. The predicted octanol–water partition coefficient (Wildman–Crippen LogP) is 0.272. The first-order valence-electron chi connectivity index (χ1n) is 8.37. The van der Waals surface area contributed by atoms with Gasteiger partial charge >= 0.3 is 6.03 Å². The number of benzene rings is 1. The van der Waals surface area contributed by atoms with E-state index in [1.165, 1.54) is 5.56 Å². The number of nitrogens with one attached hydrogen (secondary N) is 2. The van der Waals surface area contributed by atoms with Gasteiger partial charge in [-0.1, -0.05) is 30.3 Å². The van der Waals surface area contributed by atoms with Crippen LogP contribution in [0.15, 0.2) is 30.3 Å². The van der Waals surface area contributed by atoms with Crippen molar-refractivity contribution in [2.45, 2.75) is 11.8 Å². The number of carbonyl (C=O) groups excluding carboxylic acids is 3. The minimum atomic E-state index is -0.562. The van der Waals surface area contributed by atoms with Crippen LogP contribution in [-0.4, -0.2) is 72.2 Å². The molecule has 1 aromatic carbocycles. The second kappa shape index (κ2) is 8.24. The zero-order valence-electron chi connectivity index (χ0n) is 13.9. The van der Waals surface area contributed by atoms with Gasteiger partial charge < -0.3 is 20.4 Å². The topological polar surface area (TPSA) is 81.8 Å². The average molecular weight is 362 g/mol. The molecule has 3 rings (SSSR count). The first-order valence-corrected chi connectivity index (χ1v) is 9.52. The van der Waals surface area contributed by atoms with Crippen LogP contribution in [0.5, 0.6) is 0 Å². The molecular weight excluding hydrogens is 340 g/mol. The molecule has 134 valence electrons. The van der Waals surface area contributed by atoms with Crippen LogP contribution in [0.4, 0.5) is 4.79 Å². The monoisotopic (exact) mass is 362 g/mol. The molecule has 0 spiro atoms. The molecule has 7 nitrogen and oxygen atoms in total. The van der Waals surface area contributed by atoms with Crippen molar-refractivity contribution in [3.8, 4) is 0 Å². The number of hydrogen-bond acceptors (Lipinski definition) is 4. The molecule has 0 radical (unpaired) electrons. The highest BCUT2D eigenvalue weighted by Gasteiger charge is 2.39. The summed E-state index contributed by atoms with van der Waals surface area (Å²) < 4.78 is 0. The Bertz CT molecular complexity index is 640. The van der Waals surface area contributed by atoms with Crippen molar-refractivity contribution in [2.24, 2.45) is 0 Å². The quantitative estimate of drug-likeness (QED) is 0.737. The van der Waals surface area contributed by atoms with Crippen molar-refractivity contribution in [2.75, 3.05) is 38.5 Å². The number of urea groups is 1. The lowest BCUT2D eigenvalue weighted by molar-refractivity contribution is -0.148. The molecule has 2 saturated heterocycles. The van der Waals surface area contributed by atoms with Crippen LogP contribution >= 0.6 is 11.8 Å². The van der Waals surface area contributed by atoms with Crippen LogP contribution in [0.3, 0.4) is 0 Å². The first kappa shape index (κ1) is 17.6. The summed E-state index contributed by atoms with van der Waals surface area (Å²) in [6.45, 7) is 1.75. The Kier molecular flexibility index (Phi) is 5.80. The van der Waals surface area contributed by atoms with Gasteiger partial charge in [-0.2, -0.15) is 11.8 Å². The lowest BCUT2D eigenvalue weighted by Gasteiger charge is -2.42. The van der Waals surface area contributed by atoms with Gasteiger partial charge in [0.1, 0.15) is 6.04 Å². The molecule has 8 heteroatoms. The molecule has 2 aliphatic rings. The van der Waals surface area contributed by atoms with Crippen molar-refractivity contribution in [3.05, 3.63) is 35.9 Å². The minimum absolute atomic E-state index is 0.0557. The Morgan fingerprint density at radius 3 is 2.84 bits per heavy atom. The largest absolute Gasteiger partial charge is 0.345 e. The second-order valence-electron chi connectivity index (χ2n) is 6.04. The normalized spacial score (nSPS) is 20.1. The summed E-state index contributed by atoms with van der Waals surface area (Å²) in [4.78, 5) is 39.2. The van der Waals surface area contributed by atoms with E-state index in [0.29, 0.717) is 19.6 Å². The van der Waals surface area contributed by atoms with Crippen LogP contribution < -0.4 is 10.6 Å². The zero-order chi connectivity index (χ0) is 17.6. The molecule has 4 amide bonds. The van der Waals surface area contributed by atoms with Gasteiger partial charge in [-0.15, -0.1) is 0 Å². The highest BCUT2D eigenvalue weighted by Crippen LogP contribution is 2.14. The van der Waals surface area contributed by atoms with Crippen LogP contribution in [0.25, 0.3) is 0 Å². The lowest BCUT2D eigenvalue weighted by Crippen LogP contribution is -2.67. The standard InChI is InChI=1S/C17H22N4O3S/c22-15-10-19-16(23)14-11-20(7-8-21(14)15)17(24)18-6-9-25-12-13-4-2-1-3-5-13/h1-5,14H,6-12H2,(H,18,24)(H,19,23)/t14-/m1/s1. The molecule has 0 saturated carbocycles. The summed E-state index contributed by atoms with van der Waals surface area (Å²) in [6.07, 6.45) is 0. The van der Waals surface area contributed by atoms with Crippen molar-refractivity contribution < 1.29 is 14.4 Å². The maximum absolute atomic E-state index is 12.3. The second-order valence-corrected chi connectivity index (χ2v) is 7.14. The van der Waals surface area contributed by atoms with Gasteiger partial charge in [0.15, 0.2) is 0 Å². The SMILES string of the molecule is O=C1NCC(=O)N2CCN(C(=O)NCCSCc3ccccc3)C[C@H]12. The number of thioether (sulfide) groups is 1. The molecule has 0 aromatic heterocycles. The molecule has 1 atom stereocenters. The molecule has 2 aliphatic heterocycles. The molecule has 2 fully saturated rings. The number of hydrogen-bond donors (Lipinski definition) is 2. The van der Waals surface area contributed by atoms with Gasteiger partial charge in [-0.05, 0) is 5.56 Å². The van der Waals surface area contributed by atoms with E-state index >= 15 is 0 Å². The van der Waals surface area contributed by atoms with E-state index in [4.69, 9.17) is 0 Å². The molecule has 2 N–H and O–H groups in total. The van der Waals surface area contributed by atoms with E-state index in [1.54, 1.807) is 21.6 Å². The number of carbonyl (C=O) groups is 3. The molecule has 0 aliphatic carbocycles. The average Bonchev–Trinajstić information content (AvgIpc) is 2.65. The zero-order valence-corrected chi connectivity index (χ0v) is 14.8. The summed E-state index contributed by atoms with van der Waals surface area (Å²) in [6, 6.07) is 9.46. The van der Waals surface area contributed by atoms with Crippen LogP contribution in [0, 0.1) is 0 Å². The maximum atomic E-state index is 12.3.